The molecule has 1 atom stereocenters. The number of alkyl halides is 3. The van der Waals surface area contributed by atoms with Crippen LogP contribution in [0.1, 0.15) is 17.8 Å². The van der Waals surface area contributed by atoms with Crippen LogP contribution in [0.2, 0.25) is 0 Å². The fourth-order valence-corrected chi connectivity index (χ4v) is 5.90. The van der Waals surface area contributed by atoms with Crippen molar-refractivity contribution in [2.75, 3.05) is 39.4 Å². The van der Waals surface area contributed by atoms with Crippen molar-refractivity contribution < 1.29 is 26.3 Å². The van der Waals surface area contributed by atoms with Crippen molar-refractivity contribution in [2.24, 2.45) is 5.41 Å². The summed E-state index contributed by atoms with van der Waals surface area (Å²) >= 11 is 0. The summed E-state index contributed by atoms with van der Waals surface area (Å²) in [5, 5.41) is 0. The van der Waals surface area contributed by atoms with Gasteiger partial charge in [0.05, 0.1) is 12.3 Å². The zero-order chi connectivity index (χ0) is 18.7. The summed E-state index contributed by atoms with van der Waals surface area (Å²) in [6.07, 6.45) is -3.58. The van der Waals surface area contributed by atoms with Crippen LogP contribution in [0.25, 0.3) is 0 Å². The highest BCUT2D eigenvalue weighted by atomic mass is 32.2. The van der Waals surface area contributed by atoms with E-state index in [-0.39, 0.29) is 16.0 Å². The van der Waals surface area contributed by atoms with E-state index in [9.17, 15) is 21.6 Å². The lowest BCUT2D eigenvalue weighted by atomic mass is 9.73. The molecule has 0 saturated carbocycles. The number of pyridine rings is 1. The van der Waals surface area contributed by atoms with Gasteiger partial charge in [-0.2, -0.15) is 17.5 Å². The van der Waals surface area contributed by atoms with Crippen LogP contribution in [-0.2, 0) is 20.9 Å². The Balaban J connectivity index is 1.43. The summed E-state index contributed by atoms with van der Waals surface area (Å²) in [6.45, 7) is 5.29. The molecule has 0 radical (unpaired) electrons. The molecule has 3 saturated heterocycles. The molecule has 3 fully saturated rings. The van der Waals surface area contributed by atoms with Crippen LogP contribution in [0.4, 0.5) is 13.2 Å². The van der Waals surface area contributed by atoms with E-state index in [0.29, 0.717) is 19.1 Å². The van der Waals surface area contributed by atoms with Gasteiger partial charge in [0.25, 0.3) is 0 Å². The van der Waals surface area contributed by atoms with Crippen LogP contribution in [-0.4, -0.2) is 68.0 Å². The third kappa shape index (κ3) is 2.92. The van der Waals surface area contributed by atoms with E-state index in [1.54, 1.807) is 0 Å². The van der Waals surface area contributed by atoms with Crippen molar-refractivity contribution in [1.82, 2.24) is 14.2 Å². The molecule has 10 heteroatoms. The molecule has 3 aliphatic heterocycles. The number of hydrogen-bond acceptors (Lipinski definition) is 5. The zero-order valence-electron chi connectivity index (χ0n) is 14.3. The van der Waals surface area contributed by atoms with Crippen molar-refractivity contribution in [1.29, 1.82) is 0 Å². The number of aryl methyl sites for hydroxylation is 1. The molecule has 0 aliphatic carbocycles. The van der Waals surface area contributed by atoms with E-state index in [1.165, 1.54) is 11.2 Å². The van der Waals surface area contributed by atoms with Gasteiger partial charge in [-0.1, -0.05) is 0 Å². The Kier molecular flexibility index (Phi) is 4.11. The van der Waals surface area contributed by atoms with Gasteiger partial charge >= 0.3 is 6.18 Å². The van der Waals surface area contributed by atoms with Gasteiger partial charge in [-0.3, -0.25) is 4.90 Å². The van der Waals surface area contributed by atoms with Gasteiger partial charge in [0, 0.05) is 44.2 Å². The van der Waals surface area contributed by atoms with Crippen LogP contribution in [0.15, 0.2) is 17.0 Å². The molecule has 0 aromatic carbocycles. The van der Waals surface area contributed by atoms with Gasteiger partial charge in [-0.05, 0) is 25.5 Å². The van der Waals surface area contributed by atoms with E-state index in [2.05, 4.69) is 9.88 Å². The van der Waals surface area contributed by atoms with Gasteiger partial charge < -0.3 is 4.74 Å². The first-order chi connectivity index (χ1) is 12.1. The van der Waals surface area contributed by atoms with E-state index < -0.39 is 21.9 Å². The summed E-state index contributed by atoms with van der Waals surface area (Å²) in [6, 6.07) is 2.15. The van der Waals surface area contributed by atoms with Crippen molar-refractivity contribution in [3.63, 3.8) is 0 Å². The molecule has 0 unspecified atom stereocenters. The highest BCUT2D eigenvalue weighted by Crippen LogP contribution is 2.44. The molecule has 4 rings (SSSR count). The molecule has 0 bridgehead atoms. The van der Waals surface area contributed by atoms with Crippen LogP contribution >= 0.6 is 0 Å². The summed E-state index contributed by atoms with van der Waals surface area (Å²) < 4.78 is 70.3. The maximum absolute atomic E-state index is 12.7. The van der Waals surface area contributed by atoms with E-state index in [0.717, 1.165) is 44.9 Å². The Labute approximate surface area is 150 Å². The number of likely N-dealkylation sites (tertiary alicyclic amines) is 1. The normalized spacial score (nSPS) is 26.7. The van der Waals surface area contributed by atoms with E-state index in [1.807, 2.05) is 0 Å². The second kappa shape index (κ2) is 5.88. The summed E-state index contributed by atoms with van der Waals surface area (Å²) in [7, 11) is -3.82. The highest BCUT2D eigenvalue weighted by molar-refractivity contribution is 7.89. The number of ether oxygens (including phenoxy) is 1. The van der Waals surface area contributed by atoms with Crippen molar-refractivity contribution in [2.45, 2.75) is 30.5 Å². The third-order valence-corrected chi connectivity index (χ3v) is 7.39. The minimum atomic E-state index is -4.59. The highest BCUT2D eigenvalue weighted by Gasteiger charge is 2.56. The number of nitrogens with zero attached hydrogens (tertiary/aromatic N) is 3. The number of rotatable bonds is 3. The van der Waals surface area contributed by atoms with Crippen molar-refractivity contribution >= 4 is 10.0 Å². The Morgan fingerprint density at radius 2 is 1.92 bits per heavy atom. The molecule has 1 aromatic heterocycles. The van der Waals surface area contributed by atoms with Gasteiger partial charge in [0.15, 0.2) is 0 Å². The first kappa shape index (κ1) is 18.1. The van der Waals surface area contributed by atoms with E-state index >= 15 is 0 Å². The third-order valence-electron chi connectivity index (χ3n) is 5.47. The van der Waals surface area contributed by atoms with Crippen molar-refractivity contribution in [3.8, 4) is 0 Å². The SMILES string of the molecule is Cc1nc(C(F)(F)F)ccc1S(=O)(=O)N1CC2(CN([C@@H]3CCOC3)C2)C1. The molecule has 26 heavy (non-hydrogen) atoms. The molecule has 4 heterocycles. The summed E-state index contributed by atoms with van der Waals surface area (Å²) in [5.41, 5.74) is -1.23. The van der Waals surface area contributed by atoms with Crippen molar-refractivity contribution in [3.05, 3.63) is 23.5 Å². The zero-order valence-corrected chi connectivity index (χ0v) is 15.1. The lowest BCUT2D eigenvalue weighted by Crippen LogP contribution is -2.74. The average Bonchev–Trinajstić information content (AvgIpc) is 2.96. The minimum absolute atomic E-state index is 0.0249. The fraction of sp³-hybridized carbons (Fsp3) is 0.688. The fourth-order valence-electron chi connectivity index (χ4n) is 4.07. The lowest BCUT2D eigenvalue weighted by Gasteiger charge is -2.60. The minimum Gasteiger partial charge on any atom is -0.380 e. The maximum atomic E-state index is 12.7. The number of halogens is 3. The number of hydrogen-bond donors (Lipinski definition) is 0. The molecule has 3 aliphatic rings. The largest absolute Gasteiger partial charge is 0.433 e. The smallest absolute Gasteiger partial charge is 0.380 e. The molecule has 0 amide bonds. The van der Waals surface area contributed by atoms with Crippen LogP contribution in [0.5, 0.6) is 0 Å². The molecule has 144 valence electrons. The maximum Gasteiger partial charge on any atom is 0.433 e. The second-order valence-corrected chi connectivity index (χ2v) is 9.38. The predicted molar refractivity (Wildman–Crippen MR) is 86.0 cm³/mol. The van der Waals surface area contributed by atoms with Gasteiger partial charge in [0.1, 0.15) is 10.6 Å². The van der Waals surface area contributed by atoms with E-state index in [4.69, 9.17) is 4.74 Å². The molecular weight excluding hydrogens is 371 g/mol. The number of sulfonamides is 1. The van der Waals surface area contributed by atoms with Crippen LogP contribution in [0.3, 0.4) is 0 Å². The Morgan fingerprint density at radius 3 is 2.46 bits per heavy atom. The monoisotopic (exact) mass is 391 g/mol. The molecule has 0 N–H and O–H groups in total. The quantitative estimate of drug-likeness (QED) is 0.782. The standard InChI is InChI=1S/C16H20F3N3O3S/c1-11-13(2-3-14(20-11)16(17,18)19)26(23,24)22-9-15(10-22)7-21(8-15)12-4-5-25-6-12/h2-3,12H,4-10H2,1H3/t12-/m1/s1. The van der Waals surface area contributed by atoms with Gasteiger partial charge in [-0.15, -0.1) is 0 Å². The molecule has 1 aromatic rings. The van der Waals surface area contributed by atoms with Gasteiger partial charge in [0.2, 0.25) is 10.0 Å². The Morgan fingerprint density at radius 1 is 1.23 bits per heavy atom. The average molecular weight is 391 g/mol. The van der Waals surface area contributed by atoms with Gasteiger partial charge in [-0.25, -0.2) is 13.4 Å². The van der Waals surface area contributed by atoms with Crippen LogP contribution < -0.4 is 0 Å². The Bertz CT molecular complexity index is 808. The molecule has 1 spiro atoms. The predicted octanol–water partition coefficient (Wildman–Crippen LogP) is 1.50. The second-order valence-electron chi connectivity index (χ2n) is 7.47. The number of aromatic nitrogens is 1. The molecular formula is C16H20F3N3O3S. The lowest BCUT2D eigenvalue weighted by molar-refractivity contribution is -0.141. The molecule has 6 nitrogen and oxygen atoms in total. The Hall–Kier alpha value is -1.23. The summed E-state index contributed by atoms with van der Waals surface area (Å²) in [4.78, 5) is 5.60. The van der Waals surface area contributed by atoms with Crippen LogP contribution in [0, 0.1) is 12.3 Å². The first-order valence-electron chi connectivity index (χ1n) is 8.48. The topological polar surface area (TPSA) is 62.7 Å². The summed E-state index contributed by atoms with van der Waals surface area (Å²) in [5.74, 6) is 0. The first-order valence-corrected chi connectivity index (χ1v) is 9.92.